The highest BCUT2D eigenvalue weighted by Crippen LogP contribution is 2.66. The highest BCUT2D eigenvalue weighted by Gasteiger charge is 2.43. The predicted molar refractivity (Wildman–Crippen MR) is 66.7 cm³/mol. The number of aliphatic hydroxyl groups is 2. The highest BCUT2D eigenvalue weighted by atomic mass is 31.3. The largest absolute Gasteiger partial charge is 0.490 e. The number of hydrogen-bond acceptors (Lipinski definition) is 8. The Morgan fingerprint density at radius 3 is 2.05 bits per heavy atom. The molecule has 0 bridgehead atoms. The molecule has 0 fully saturated rings. The van der Waals surface area contributed by atoms with Crippen LogP contribution in [-0.4, -0.2) is 48.4 Å². The molecular formula is C6H14FO12P3. The first-order valence-corrected chi connectivity index (χ1v) is 9.63. The molecule has 0 spiro atoms. The van der Waals surface area contributed by atoms with Crippen molar-refractivity contribution in [2.45, 2.75) is 18.9 Å². The van der Waals surface area contributed by atoms with Crippen molar-refractivity contribution in [1.82, 2.24) is 0 Å². The van der Waals surface area contributed by atoms with Gasteiger partial charge < -0.3 is 29.8 Å². The zero-order valence-electron chi connectivity index (χ0n) is 10.8. The van der Waals surface area contributed by atoms with E-state index < -0.39 is 42.0 Å². The number of phosphoric acid groups is 3. The zero-order chi connectivity index (χ0) is 17.8. The molecule has 0 aromatic rings. The first-order valence-electron chi connectivity index (χ1n) is 5.11. The van der Waals surface area contributed by atoms with Crippen LogP contribution in [0.15, 0.2) is 12.2 Å². The van der Waals surface area contributed by atoms with Crippen LogP contribution in [0.3, 0.4) is 0 Å². The van der Waals surface area contributed by atoms with Crippen molar-refractivity contribution < 1.29 is 61.0 Å². The fourth-order valence-electron chi connectivity index (χ4n) is 0.891. The Labute approximate surface area is 123 Å². The number of halogens is 1. The van der Waals surface area contributed by atoms with Gasteiger partial charge in [-0.15, -0.1) is 0 Å². The van der Waals surface area contributed by atoms with E-state index in [4.69, 9.17) is 29.8 Å². The summed E-state index contributed by atoms with van der Waals surface area (Å²) in [6, 6.07) is 0. The molecule has 0 aromatic carbocycles. The van der Waals surface area contributed by atoms with Gasteiger partial charge in [0.05, 0.1) is 0 Å². The third-order valence-electron chi connectivity index (χ3n) is 1.67. The lowest BCUT2D eigenvalue weighted by Crippen LogP contribution is -2.40. The van der Waals surface area contributed by atoms with Gasteiger partial charge in [0.1, 0.15) is 12.7 Å². The van der Waals surface area contributed by atoms with Crippen LogP contribution < -0.4 is 0 Å². The smallest absolute Gasteiger partial charge is 0.383 e. The molecule has 2 unspecified atom stereocenters. The zero-order valence-corrected chi connectivity index (χ0v) is 13.5. The van der Waals surface area contributed by atoms with Crippen LogP contribution in [0.1, 0.15) is 6.92 Å². The summed E-state index contributed by atoms with van der Waals surface area (Å²) in [5.74, 6) is -3.56. The first kappa shape index (κ1) is 22.0. The number of phosphoric ester groups is 1. The van der Waals surface area contributed by atoms with E-state index in [0.717, 1.165) is 12.2 Å². The van der Waals surface area contributed by atoms with Gasteiger partial charge in [-0.05, 0) is 6.92 Å². The summed E-state index contributed by atoms with van der Waals surface area (Å²) < 4.78 is 56.5. The second-order valence-corrected chi connectivity index (χ2v) is 8.07. The summed E-state index contributed by atoms with van der Waals surface area (Å²) in [6.07, 6.45) is -0.259. The maximum atomic E-state index is 13.5. The molecule has 0 saturated carbocycles. The standard InChI is InChI=1S/C6H14FO12P3/c1-2-3-5(8)6(7,9)4-17-21(13,14)19-22(15,16)18-20(10,11)12/h2-3,5,8-9H,4H2,1H3,(H,13,14)(H,15,16)(H2,10,11,12)/t5-,6+/m0/s1. The quantitative estimate of drug-likeness (QED) is 0.226. The number of alkyl halides is 1. The van der Waals surface area contributed by atoms with Gasteiger partial charge >= 0.3 is 23.5 Å². The molecule has 0 saturated heterocycles. The predicted octanol–water partition coefficient (Wildman–Crippen LogP) is -0.0752. The molecule has 12 nitrogen and oxygen atoms in total. The molecule has 0 rings (SSSR count). The van der Waals surface area contributed by atoms with Crippen molar-refractivity contribution in [1.29, 1.82) is 0 Å². The summed E-state index contributed by atoms with van der Waals surface area (Å²) in [6.45, 7) is -0.316. The number of rotatable bonds is 9. The van der Waals surface area contributed by atoms with E-state index >= 15 is 0 Å². The van der Waals surface area contributed by atoms with Gasteiger partial charge in [-0.2, -0.15) is 8.62 Å². The lowest BCUT2D eigenvalue weighted by atomic mass is 10.2. The van der Waals surface area contributed by atoms with Crippen LogP contribution >= 0.6 is 23.5 Å². The van der Waals surface area contributed by atoms with E-state index in [-0.39, 0.29) is 0 Å². The Morgan fingerprint density at radius 1 is 1.14 bits per heavy atom. The van der Waals surface area contributed by atoms with Crippen LogP contribution in [0.5, 0.6) is 0 Å². The molecular weight excluding hydrogens is 376 g/mol. The van der Waals surface area contributed by atoms with Crippen molar-refractivity contribution in [3.05, 3.63) is 12.2 Å². The minimum atomic E-state index is -5.74. The third kappa shape index (κ3) is 9.21. The molecule has 22 heavy (non-hydrogen) atoms. The van der Waals surface area contributed by atoms with Gasteiger partial charge in [-0.3, -0.25) is 4.52 Å². The Kier molecular flexibility index (Phi) is 7.71. The van der Waals surface area contributed by atoms with Crippen LogP contribution in [0.2, 0.25) is 0 Å². The van der Waals surface area contributed by atoms with Gasteiger partial charge in [-0.1, -0.05) is 12.2 Å². The van der Waals surface area contributed by atoms with Crippen LogP contribution in [0, 0.1) is 0 Å². The average molecular weight is 390 g/mol. The summed E-state index contributed by atoms with van der Waals surface area (Å²) in [5.41, 5.74) is 0. The Bertz CT molecular complexity index is 539. The number of hydrogen-bond donors (Lipinski definition) is 6. The molecule has 0 aromatic heterocycles. The van der Waals surface area contributed by atoms with E-state index in [1.165, 1.54) is 6.92 Å². The summed E-state index contributed by atoms with van der Waals surface area (Å²) in [4.78, 5) is 34.3. The molecule has 0 aliphatic rings. The van der Waals surface area contributed by atoms with E-state index in [0.29, 0.717) is 0 Å². The molecule has 4 atom stereocenters. The lowest BCUT2D eigenvalue weighted by Gasteiger charge is -2.23. The summed E-state index contributed by atoms with van der Waals surface area (Å²) in [7, 11) is -16.9. The molecule has 0 aliphatic heterocycles. The van der Waals surface area contributed by atoms with Crippen molar-refractivity contribution in [2.75, 3.05) is 6.61 Å². The molecule has 16 heteroatoms. The Hall–Kier alpha value is 0.0000000000000000139. The maximum Gasteiger partial charge on any atom is 0.490 e. The normalized spacial score (nSPS) is 22.7. The fraction of sp³-hybridized carbons (Fsp3) is 0.667. The third-order valence-corrected chi connectivity index (χ3v) is 5.46. The SMILES string of the molecule is CC=C[C@H](O)[C@@](O)(F)COP(=O)(O)OP(=O)(O)OP(=O)(O)O. The van der Waals surface area contributed by atoms with Crippen LogP contribution in [0.4, 0.5) is 4.39 Å². The van der Waals surface area contributed by atoms with Gasteiger partial charge in [0.15, 0.2) is 0 Å². The van der Waals surface area contributed by atoms with Gasteiger partial charge in [0.2, 0.25) is 0 Å². The number of allylic oxidation sites excluding steroid dienone is 1. The highest BCUT2D eigenvalue weighted by molar-refractivity contribution is 7.66. The molecule has 0 amide bonds. The van der Waals surface area contributed by atoms with Gasteiger partial charge in [0, 0.05) is 0 Å². The van der Waals surface area contributed by atoms with E-state index in [9.17, 15) is 18.1 Å². The van der Waals surface area contributed by atoms with Crippen molar-refractivity contribution in [3.8, 4) is 0 Å². The van der Waals surface area contributed by atoms with Crippen molar-refractivity contribution in [3.63, 3.8) is 0 Å². The minimum Gasteiger partial charge on any atom is -0.383 e. The summed E-state index contributed by atoms with van der Waals surface area (Å²) >= 11 is 0. The van der Waals surface area contributed by atoms with Crippen molar-refractivity contribution >= 4 is 23.5 Å². The molecule has 0 aliphatic carbocycles. The Balaban J connectivity index is 4.82. The van der Waals surface area contributed by atoms with Gasteiger partial charge in [-0.25, -0.2) is 18.1 Å². The second kappa shape index (κ2) is 7.71. The monoisotopic (exact) mass is 390 g/mol. The fourth-order valence-corrected chi connectivity index (χ4v) is 3.93. The van der Waals surface area contributed by atoms with E-state index in [1.807, 2.05) is 0 Å². The minimum absolute atomic E-state index is 0.764. The molecule has 132 valence electrons. The lowest BCUT2D eigenvalue weighted by molar-refractivity contribution is -0.174. The van der Waals surface area contributed by atoms with E-state index in [2.05, 4.69) is 13.1 Å². The van der Waals surface area contributed by atoms with Gasteiger partial charge in [0.25, 0.3) is 5.85 Å². The molecule has 0 radical (unpaired) electrons. The molecule has 6 N–H and O–H groups in total. The molecule has 0 heterocycles. The Morgan fingerprint density at radius 2 is 1.64 bits per heavy atom. The average Bonchev–Trinajstić information content (AvgIpc) is 2.22. The topological polar surface area (TPSA) is 200 Å². The summed E-state index contributed by atoms with van der Waals surface area (Å²) in [5, 5.41) is 18.2. The van der Waals surface area contributed by atoms with E-state index in [1.54, 1.807) is 0 Å². The van der Waals surface area contributed by atoms with Crippen LogP contribution in [-0.2, 0) is 26.8 Å². The van der Waals surface area contributed by atoms with Crippen molar-refractivity contribution in [2.24, 2.45) is 0 Å². The maximum absolute atomic E-state index is 13.5. The number of aliphatic hydroxyl groups excluding tert-OH is 1. The van der Waals surface area contributed by atoms with Crippen LogP contribution in [0.25, 0.3) is 0 Å². The second-order valence-electron chi connectivity index (χ2n) is 3.65. The first-order chi connectivity index (χ1) is 9.60.